The number of hydrogen-bond donors (Lipinski definition) is 0. The normalized spacial score (nSPS) is 22.5. The third kappa shape index (κ3) is 4.50. The molecule has 0 N–H and O–H groups in total. The molecule has 1 aliphatic rings. The number of ether oxygens (including phenoxy) is 1. The van der Waals surface area contributed by atoms with Crippen molar-refractivity contribution < 1.29 is 9.13 Å². The standard InChI is InChI=1S/C20H22FNO/c1-16-15-23-20(12-9-17-7-10-19(21)11-8-17)14-22(16)13-18-5-3-2-4-6-18/h2-12,16,20H,13-15H2,1H3/t16-,20?/m0/s1. The first-order valence-corrected chi connectivity index (χ1v) is 8.04. The second-order valence-electron chi connectivity index (χ2n) is 6.05. The van der Waals surface area contributed by atoms with Crippen LogP contribution >= 0.6 is 0 Å². The van der Waals surface area contributed by atoms with Gasteiger partial charge in [0.15, 0.2) is 0 Å². The number of benzene rings is 2. The maximum absolute atomic E-state index is 12.9. The minimum atomic E-state index is -0.209. The summed E-state index contributed by atoms with van der Waals surface area (Å²) in [4.78, 5) is 2.44. The first-order chi connectivity index (χ1) is 11.2. The summed E-state index contributed by atoms with van der Waals surface area (Å²) < 4.78 is 18.8. The highest BCUT2D eigenvalue weighted by Gasteiger charge is 2.24. The van der Waals surface area contributed by atoms with Crippen LogP contribution in [0, 0.1) is 5.82 Å². The van der Waals surface area contributed by atoms with Gasteiger partial charge in [0, 0.05) is 19.1 Å². The van der Waals surface area contributed by atoms with Crippen molar-refractivity contribution in [1.82, 2.24) is 4.90 Å². The van der Waals surface area contributed by atoms with Crippen LogP contribution in [-0.4, -0.2) is 30.2 Å². The molecule has 2 atom stereocenters. The van der Waals surface area contributed by atoms with E-state index in [1.54, 1.807) is 12.1 Å². The molecule has 1 heterocycles. The van der Waals surface area contributed by atoms with Gasteiger partial charge in [0.2, 0.25) is 0 Å². The van der Waals surface area contributed by atoms with E-state index in [1.165, 1.54) is 17.7 Å². The predicted octanol–water partition coefficient (Wildman–Crippen LogP) is 4.13. The lowest BCUT2D eigenvalue weighted by atomic mass is 10.1. The van der Waals surface area contributed by atoms with Crippen LogP contribution in [0.5, 0.6) is 0 Å². The molecular weight excluding hydrogens is 289 g/mol. The van der Waals surface area contributed by atoms with E-state index in [0.29, 0.717) is 6.04 Å². The molecule has 0 radical (unpaired) electrons. The average molecular weight is 311 g/mol. The van der Waals surface area contributed by atoms with Crippen LogP contribution in [0.4, 0.5) is 4.39 Å². The van der Waals surface area contributed by atoms with Crippen LogP contribution in [0.15, 0.2) is 60.7 Å². The first-order valence-electron chi connectivity index (χ1n) is 8.04. The first kappa shape index (κ1) is 15.9. The van der Waals surface area contributed by atoms with Crippen molar-refractivity contribution in [3.05, 3.63) is 77.6 Å². The Hall–Kier alpha value is -1.97. The molecular formula is C20H22FNO. The van der Waals surface area contributed by atoms with E-state index < -0.39 is 0 Å². The molecule has 3 heteroatoms. The van der Waals surface area contributed by atoms with Crippen molar-refractivity contribution in [3.8, 4) is 0 Å². The van der Waals surface area contributed by atoms with Gasteiger partial charge in [-0.05, 0) is 30.2 Å². The van der Waals surface area contributed by atoms with Crippen LogP contribution < -0.4 is 0 Å². The molecule has 2 nitrogen and oxygen atoms in total. The topological polar surface area (TPSA) is 12.5 Å². The summed E-state index contributed by atoms with van der Waals surface area (Å²) in [6.45, 7) is 4.73. The maximum atomic E-state index is 12.9. The van der Waals surface area contributed by atoms with Gasteiger partial charge in [0.25, 0.3) is 0 Å². The zero-order valence-corrected chi connectivity index (χ0v) is 13.4. The molecule has 23 heavy (non-hydrogen) atoms. The van der Waals surface area contributed by atoms with Gasteiger partial charge in [0.1, 0.15) is 5.82 Å². The zero-order valence-electron chi connectivity index (χ0n) is 13.4. The minimum absolute atomic E-state index is 0.0694. The van der Waals surface area contributed by atoms with Crippen molar-refractivity contribution in [2.75, 3.05) is 13.2 Å². The van der Waals surface area contributed by atoms with E-state index in [1.807, 2.05) is 12.1 Å². The fourth-order valence-corrected chi connectivity index (χ4v) is 2.78. The van der Waals surface area contributed by atoms with Crippen LogP contribution in [-0.2, 0) is 11.3 Å². The third-order valence-corrected chi connectivity index (χ3v) is 4.19. The minimum Gasteiger partial charge on any atom is -0.371 e. The summed E-state index contributed by atoms with van der Waals surface area (Å²) in [7, 11) is 0. The van der Waals surface area contributed by atoms with Crippen molar-refractivity contribution >= 4 is 6.08 Å². The molecule has 0 aromatic heterocycles. The largest absolute Gasteiger partial charge is 0.371 e. The lowest BCUT2D eigenvalue weighted by Gasteiger charge is -2.37. The number of hydrogen-bond acceptors (Lipinski definition) is 2. The second kappa shape index (κ2) is 7.53. The van der Waals surface area contributed by atoms with E-state index in [4.69, 9.17) is 4.74 Å². The molecule has 2 aromatic carbocycles. The van der Waals surface area contributed by atoms with Crippen molar-refractivity contribution in [1.29, 1.82) is 0 Å². The van der Waals surface area contributed by atoms with Gasteiger partial charge in [-0.15, -0.1) is 0 Å². The molecule has 0 amide bonds. The highest BCUT2D eigenvalue weighted by Crippen LogP contribution is 2.17. The van der Waals surface area contributed by atoms with E-state index >= 15 is 0 Å². The molecule has 1 unspecified atom stereocenters. The van der Waals surface area contributed by atoms with Gasteiger partial charge in [-0.2, -0.15) is 0 Å². The lowest BCUT2D eigenvalue weighted by molar-refractivity contribution is -0.0395. The summed E-state index contributed by atoms with van der Waals surface area (Å²) in [5.74, 6) is -0.209. The molecule has 1 saturated heterocycles. The van der Waals surface area contributed by atoms with Gasteiger partial charge in [0.05, 0.1) is 12.7 Å². The Balaban J connectivity index is 1.62. The monoisotopic (exact) mass is 311 g/mol. The van der Waals surface area contributed by atoms with Gasteiger partial charge in [-0.3, -0.25) is 4.90 Å². The number of halogens is 1. The van der Waals surface area contributed by atoms with Crippen LogP contribution in [0.25, 0.3) is 6.08 Å². The van der Waals surface area contributed by atoms with Crippen LogP contribution in [0.2, 0.25) is 0 Å². The molecule has 3 rings (SSSR count). The Kier molecular flexibility index (Phi) is 5.21. The van der Waals surface area contributed by atoms with Crippen molar-refractivity contribution in [2.45, 2.75) is 25.6 Å². The van der Waals surface area contributed by atoms with E-state index in [0.717, 1.165) is 25.3 Å². The van der Waals surface area contributed by atoms with Gasteiger partial charge >= 0.3 is 0 Å². The summed E-state index contributed by atoms with van der Waals surface area (Å²) in [5, 5.41) is 0. The maximum Gasteiger partial charge on any atom is 0.123 e. The Labute approximate surface area is 137 Å². The van der Waals surface area contributed by atoms with Crippen LogP contribution in [0.3, 0.4) is 0 Å². The molecule has 0 aliphatic carbocycles. The molecule has 0 bridgehead atoms. The predicted molar refractivity (Wildman–Crippen MR) is 91.5 cm³/mol. The summed E-state index contributed by atoms with van der Waals surface area (Å²) in [6, 6.07) is 17.4. The van der Waals surface area contributed by atoms with E-state index in [2.05, 4.69) is 42.2 Å². The smallest absolute Gasteiger partial charge is 0.123 e. The van der Waals surface area contributed by atoms with Crippen LogP contribution in [0.1, 0.15) is 18.1 Å². The molecule has 1 fully saturated rings. The quantitative estimate of drug-likeness (QED) is 0.842. The average Bonchev–Trinajstić information content (AvgIpc) is 2.58. The zero-order chi connectivity index (χ0) is 16.1. The van der Waals surface area contributed by atoms with Crippen molar-refractivity contribution in [3.63, 3.8) is 0 Å². The third-order valence-electron chi connectivity index (χ3n) is 4.19. The second-order valence-corrected chi connectivity index (χ2v) is 6.05. The molecule has 0 saturated carbocycles. The van der Waals surface area contributed by atoms with Crippen molar-refractivity contribution in [2.24, 2.45) is 0 Å². The number of rotatable bonds is 4. The highest BCUT2D eigenvalue weighted by molar-refractivity contribution is 5.49. The molecule has 120 valence electrons. The fourth-order valence-electron chi connectivity index (χ4n) is 2.78. The van der Waals surface area contributed by atoms with Gasteiger partial charge in [-0.1, -0.05) is 54.6 Å². The molecule has 0 spiro atoms. The molecule has 1 aliphatic heterocycles. The lowest BCUT2D eigenvalue weighted by Crippen LogP contribution is -2.47. The Morgan fingerprint density at radius 2 is 1.87 bits per heavy atom. The highest BCUT2D eigenvalue weighted by atomic mass is 19.1. The Bertz CT molecular complexity index is 638. The summed E-state index contributed by atoms with van der Waals surface area (Å²) in [6.07, 6.45) is 4.14. The molecule has 2 aromatic rings. The fraction of sp³-hybridized carbons (Fsp3) is 0.300. The Morgan fingerprint density at radius 1 is 1.13 bits per heavy atom. The number of morpholine rings is 1. The SMILES string of the molecule is C[C@H]1COC(C=Cc2ccc(F)cc2)CN1Cc1ccccc1. The van der Waals surface area contributed by atoms with E-state index in [9.17, 15) is 4.39 Å². The Morgan fingerprint density at radius 3 is 2.61 bits per heavy atom. The summed E-state index contributed by atoms with van der Waals surface area (Å²) in [5.41, 5.74) is 2.31. The van der Waals surface area contributed by atoms with Gasteiger partial charge < -0.3 is 4.74 Å². The summed E-state index contributed by atoms with van der Waals surface area (Å²) >= 11 is 0. The van der Waals surface area contributed by atoms with Gasteiger partial charge in [-0.25, -0.2) is 4.39 Å². The number of nitrogens with zero attached hydrogens (tertiary/aromatic N) is 1. The van der Waals surface area contributed by atoms with E-state index in [-0.39, 0.29) is 11.9 Å².